The summed E-state index contributed by atoms with van der Waals surface area (Å²) in [6.07, 6.45) is 38.9. The highest BCUT2D eigenvalue weighted by Gasteiger charge is 2.02. The lowest BCUT2D eigenvalue weighted by atomic mass is 10.0. The molecule has 0 unspecified atom stereocenters. The Kier molecular flexibility index (Phi) is 32.3. The van der Waals surface area contributed by atoms with Crippen molar-refractivity contribution in [3.63, 3.8) is 0 Å². The van der Waals surface area contributed by atoms with Crippen molar-refractivity contribution < 1.29 is 4.79 Å². The van der Waals surface area contributed by atoms with Crippen molar-refractivity contribution in [1.29, 1.82) is 0 Å². The van der Waals surface area contributed by atoms with E-state index in [9.17, 15) is 4.79 Å². The minimum Gasteiger partial charge on any atom is -0.317 e. The second-order valence-corrected chi connectivity index (χ2v) is 11.6. The van der Waals surface area contributed by atoms with Crippen molar-refractivity contribution >= 4 is 5.78 Å². The van der Waals surface area contributed by atoms with Crippen LogP contribution in [-0.2, 0) is 4.79 Å². The second kappa shape index (κ2) is 32.7. The molecule has 0 aliphatic rings. The number of hydrogen-bond acceptors (Lipinski definition) is 2. The maximum atomic E-state index is 12.1. The minimum atomic E-state index is 0.523. The van der Waals surface area contributed by atoms with Gasteiger partial charge < -0.3 is 5.32 Å². The first-order valence-electron chi connectivity index (χ1n) is 17.0. The second-order valence-electron chi connectivity index (χ2n) is 11.6. The zero-order valence-electron chi connectivity index (χ0n) is 25.3. The van der Waals surface area contributed by atoms with Crippen LogP contribution in [0, 0.1) is 0 Å². The van der Waals surface area contributed by atoms with E-state index in [-0.39, 0.29) is 0 Å². The van der Waals surface area contributed by atoms with Crippen molar-refractivity contribution in [1.82, 2.24) is 5.32 Å². The Morgan fingerprint density at radius 2 is 0.667 bits per heavy atom. The highest BCUT2D eigenvalue weighted by atomic mass is 16.1. The summed E-state index contributed by atoms with van der Waals surface area (Å²) in [5.41, 5.74) is 0. The first-order chi connectivity index (χ1) is 17.8. The van der Waals surface area contributed by atoms with Gasteiger partial charge >= 0.3 is 0 Å². The predicted molar refractivity (Wildman–Crippen MR) is 163 cm³/mol. The lowest BCUT2D eigenvalue weighted by molar-refractivity contribution is -0.119. The van der Waals surface area contributed by atoms with Gasteiger partial charge in [0.15, 0.2) is 0 Å². The van der Waals surface area contributed by atoms with Gasteiger partial charge in [0.2, 0.25) is 0 Å². The number of unbranched alkanes of at least 4 members (excludes halogenated alkanes) is 25. The molecule has 0 aromatic heterocycles. The van der Waals surface area contributed by atoms with E-state index < -0.39 is 0 Å². The summed E-state index contributed by atoms with van der Waals surface area (Å²) in [5.74, 6) is 0.523. The Morgan fingerprint density at radius 3 is 0.972 bits per heavy atom. The van der Waals surface area contributed by atoms with Crippen LogP contribution >= 0.6 is 0 Å². The molecule has 0 aliphatic heterocycles. The van der Waals surface area contributed by atoms with E-state index >= 15 is 0 Å². The van der Waals surface area contributed by atoms with Crippen LogP contribution in [0.5, 0.6) is 0 Å². The molecule has 0 heterocycles. The molecule has 0 aliphatic carbocycles. The van der Waals surface area contributed by atoms with Crippen molar-refractivity contribution in [2.45, 2.75) is 200 Å². The summed E-state index contributed by atoms with van der Waals surface area (Å²) in [7, 11) is 0. The molecule has 0 bridgehead atoms. The Bertz CT molecular complexity index is 372. The minimum absolute atomic E-state index is 0.523. The fourth-order valence-corrected chi connectivity index (χ4v) is 5.34. The van der Waals surface area contributed by atoms with Crippen LogP contribution in [0.4, 0.5) is 0 Å². The van der Waals surface area contributed by atoms with Crippen molar-refractivity contribution in [2.75, 3.05) is 13.1 Å². The molecule has 0 atom stereocenters. The van der Waals surface area contributed by atoms with Crippen LogP contribution in [-0.4, -0.2) is 18.9 Å². The lowest BCUT2D eigenvalue weighted by Gasteiger charge is -2.04. The smallest absolute Gasteiger partial charge is 0.132 e. The third-order valence-electron chi connectivity index (χ3n) is 7.87. The van der Waals surface area contributed by atoms with E-state index in [1.54, 1.807) is 0 Å². The molecule has 36 heavy (non-hydrogen) atoms. The standard InChI is InChI=1S/C34H69NO/c1-3-5-6-7-8-9-10-11-12-13-16-19-22-25-28-31-34(36)32-29-26-23-20-17-14-15-18-21-24-27-30-33-35-4-2/h35H,3-33H2,1-2H3. The van der Waals surface area contributed by atoms with Gasteiger partial charge in [0.25, 0.3) is 0 Å². The van der Waals surface area contributed by atoms with Gasteiger partial charge in [0, 0.05) is 12.8 Å². The van der Waals surface area contributed by atoms with Crippen molar-refractivity contribution in [3.8, 4) is 0 Å². The zero-order valence-corrected chi connectivity index (χ0v) is 25.3. The molecule has 0 radical (unpaired) electrons. The monoisotopic (exact) mass is 508 g/mol. The largest absolute Gasteiger partial charge is 0.317 e. The highest BCUT2D eigenvalue weighted by molar-refractivity contribution is 5.78. The molecule has 0 amide bonds. The van der Waals surface area contributed by atoms with Gasteiger partial charge in [-0.2, -0.15) is 0 Å². The molecule has 0 saturated heterocycles. The number of carbonyl (C=O) groups is 1. The maximum absolute atomic E-state index is 12.1. The molecule has 2 nitrogen and oxygen atoms in total. The Labute approximate surface area is 228 Å². The number of nitrogens with one attached hydrogen (secondary N) is 1. The van der Waals surface area contributed by atoms with Crippen LogP contribution in [0.25, 0.3) is 0 Å². The van der Waals surface area contributed by atoms with E-state index in [0.29, 0.717) is 5.78 Å². The predicted octanol–water partition coefficient (Wildman–Crippen LogP) is 11.5. The van der Waals surface area contributed by atoms with Gasteiger partial charge in [-0.05, 0) is 32.4 Å². The summed E-state index contributed by atoms with van der Waals surface area (Å²) >= 11 is 0. The normalized spacial score (nSPS) is 11.4. The molecule has 0 aromatic carbocycles. The molecule has 216 valence electrons. The van der Waals surface area contributed by atoms with E-state index in [2.05, 4.69) is 19.2 Å². The van der Waals surface area contributed by atoms with E-state index in [4.69, 9.17) is 0 Å². The zero-order chi connectivity index (χ0) is 26.2. The highest BCUT2D eigenvalue weighted by Crippen LogP contribution is 2.15. The van der Waals surface area contributed by atoms with Crippen molar-refractivity contribution in [2.24, 2.45) is 0 Å². The van der Waals surface area contributed by atoms with Crippen LogP contribution < -0.4 is 5.32 Å². The summed E-state index contributed by atoms with van der Waals surface area (Å²) in [5, 5.41) is 3.40. The number of Topliss-reactive ketones (excluding diaryl/α,β-unsaturated/α-hetero) is 1. The van der Waals surface area contributed by atoms with Gasteiger partial charge in [-0.3, -0.25) is 4.79 Å². The van der Waals surface area contributed by atoms with Crippen LogP contribution in [0.2, 0.25) is 0 Å². The van der Waals surface area contributed by atoms with E-state index in [0.717, 1.165) is 32.2 Å². The number of hydrogen-bond donors (Lipinski definition) is 1. The quantitative estimate of drug-likeness (QED) is 0.0917. The van der Waals surface area contributed by atoms with E-state index in [1.165, 1.54) is 167 Å². The maximum Gasteiger partial charge on any atom is 0.132 e. The van der Waals surface area contributed by atoms with E-state index in [1.807, 2.05) is 0 Å². The molecule has 0 rings (SSSR count). The SMILES string of the molecule is CCCCCCCCCCCCCCCCCC(=O)CCCCCCCCCCCCCCNCC. The average Bonchev–Trinajstić information content (AvgIpc) is 2.88. The van der Waals surface area contributed by atoms with Gasteiger partial charge in [-0.25, -0.2) is 0 Å². The van der Waals surface area contributed by atoms with Gasteiger partial charge in [0.1, 0.15) is 5.78 Å². The first kappa shape index (κ1) is 35.6. The molecule has 0 spiro atoms. The molecular formula is C34H69NO. The summed E-state index contributed by atoms with van der Waals surface area (Å²) in [4.78, 5) is 12.1. The summed E-state index contributed by atoms with van der Waals surface area (Å²) in [6.45, 7) is 6.78. The topological polar surface area (TPSA) is 29.1 Å². The number of rotatable bonds is 32. The fraction of sp³-hybridized carbons (Fsp3) is 0.971. The average molecular weight is 508 g/mol. The summed E-state index contributed by atoms with van der Waals surface area (Å²) in [6, 6.07) is 0. The first-order valence-corrected chi connectivity index (χ1v) is 17.0. The molecule has 1 N–H and O–H groups in total. The molecule has 0 saturated carbocycles. The summed E-state index contributed by atoms with van der Waals surface area (Å²) < 4.78 is 0. The Morgan fingerprint density at radius 1 is 0.389 bits per heavy atom. The van der Waals surface area contributed by atoms with Crippen LogP contribution in [0.1, 0.15) is 200 Å². The Hall–Kier alpha value is -0.370. The molecule has 2 heteroatoms. The molecule has 0 aromatic rings. The third-order valence-corrected chi connectivity index (χ3v) is 7.87. The molecule has 0 fully saturated rings. The van der Waals surface area contributed by atoms with Crippen LogP contribution in [0.15, 0.2) is 0 Å². The van der Waals surface area contributed by atoms with Gasteiger partial charge in [0.05, 0.1) is 0 Å². The molecular weight excluding hydrogens is 438 g/mol. The lowest BCUT2D eigenvalue weighted by Crippen LogP contribution is -2.13. The van der Waals surface area contributed by atoms with Crippen molar-refractivity contribution in [3.05, 3.63) is 0 Å². The van der Waals surface area contributed by atoms with Gasteiger partial charge in [-0.1, -0.05) is 168 Å². The van der Waals surface area contributed by atoms with Gasteiger partial charge in [-0.15, -0.1) is 0 Å². The third kappa shape index (κ3) is 31.7. The fourth-order valence-electron chi connectivity index (χ4n) is 5.34. The van der Waals surface area contributed by atoms with Crippen LogP contribution in [0.3, 0.4) is 0 Å². The number of carbonyl (C=O) groups excluding carboxylic acids is 1. The number of ketones is 1. The Balaban J connectivity index is 3.14.